The normalized spacial score (nSPS) is 20.7. The standard InChI is InChI=1S/C17H26ClN3/c1-20-9-7-15(8-10-20)21(2)16-6-3-13(17(18)11-16)12-19-14-4-5-14/h3,6,11,14-15,19H,4-5,7-10,12H2,1-2H3. The minimum atomic E-state index is 0.632. The average Bonchev–Trinajstić information content (AvgIpc) is 3.30. The van der Waals surface area contributed by atoms with Crippen LogP contribution in [0.25, 0.3) is 0 Å². The van der Waals surface area contributed by atoms with E-state index in [1.165, 1.54) is 50.0 Å². The van der Waals surface area contributed by atoms with Gasteiger partial charge in [0.2, 0.25) is 0 Å². The van der Waals surface area contributed by atoms with E-state index < -0.39 is 0 Å². The number of anilines is 1. The lowest BCUT2D eigenvalue weighted by Crippen LogP contribution is -2.42. The Balaban J connectivity index is 1.62. The molecule has 1 N–H and O–H groups in total. The monoisotopic (exact) mass is 307 g/mol. The Labute approximate surface area is 133 Å². The number of likely N-dealkylation sites (tertiary alicyclic amines) is 1. The molecule has 1 heterocycles. The van der Waals surface area contributed by atoms with Crippen LogP contribution in [-0.2, 0) is 6.54 Å². The fraction of sp³-hybridized carbons (Fsp3) is 0.647. The number of piperidine rings is 1. The van der Waals surface area contributed by atoms with Gasteiger partial charge < -0.3 is 15.1 Å². The Morgan fingerprint density at radius 2 is 1.95 bits per heavy atom. The first kappa shape index (κ1) is 15.1. The van der Waals surface area contributed by atoms with E-state index in [1.807, 2.05) is 0 Å². The number of rotatable bonds is 5. The molecule has 2 fully saturated rings. The molecule has 1 saturated carbocycles. The van der Waals surface area contributed by atoms with Crippen LogP contribution in [0.5, 0.6) is 0 Å². The van der Waals surface area contributed by atoms with Gasteiger partial charge in [-0.25, -0.2) is 0 Å². The SMILES string of the molecule is CN1CCC(N(C)c2ccc(CNC3CC3)c(Cl)c2)CC1. The van der Waals surface area contributed by atoms with Crippen LogP contribution < -0.4 is 10.2 Å². The summed E-state index contributed by atoms with van der Waals surface area (Å²) >= 11 is 6.46. The van der Waals surface area contributed by atoms with E-state index in [0.29, 0.717) is 6.04 Å². The molecule has 4 heteroatoms. The molecule has 21 heavy (non-hydrogen) atoms. The van der Waals surface area contributed by atoms with E-state index in [9.17, 15) is 0 Å². The molecule has 1 aromatic carbocycles. The molecule has 0 radical (unpaired) electrons. The van der Waals surface area contributed by atoms with Gasteiger partial charge in [-0.3, -0.25) is 0 Å². The quantitative estimate of drug-likeness (QED) is 0.901. The molecular weight excluding hydrogens is 282 g/mol. The highest BCUT2D eigenvalue weighted by Crippen LogP contribution is 2.27. The van der Waals surface area contributed by atoms with Crippen molar-refractivity contribution in [2.75, 3.05) is 32.1 Å². The molecule has 3 nitrogen and oxygen atoms in total. The molecule has 1 aliphatic carbocycles. The number of hydrogen-bond acceptors (Lipinski definition) is 3. The van der Waals surface area contributed by atoms with E-state index in [1.54, 1.807) is 0 Å². The van der Waals surface area contributed by atoms with Crippen molar-refractivity contribution < 1.29 is 0 Å². The molecule has 1 aliphatic heterocycles. The van der Waals surface area contributed by atoms with Crippen LogP contribution in [0.4, 0.5) is 5.69 Å². The van der Waals surface area contributed by atoms with Crippen LogP contribution in [0.1, 0.15) is 31.2 Å². The summed E-state index contributed by atoms with van der Waals surface area (Å²) < 4.78 is 0. The van der Waals surface area contributed by atoms with E-state index in [0.717, 1.165) is 17.6 Å². The van der Waals surface area contributed by atoms with E-state index in [4.69, 9.17) is 11.6 Å². The van der Waals surface area contributed by atoms with Crippen LogP contribution in [0.2, 0.25) is 5.02 Å². The summed E-state index contributed by atoms with van der Waals surface area (Å²) in [5.74, 6) is 0. The van der Waals surface area contributed by atoms with Gasteiger partial charge in [0.25, 0.3) is 0 Å². The minimum absolute atomic E-state index is 0.632. The van der Waals surface area contributed by atoms with Crippen molar-refractivity contribution in [1.29, 1.82) is 0 Å². The summed E-state index contributed by atoms with van der Waals surface area (Å²) in [4.78, 5) is 4.81. The van der Waals surface area contributed by atoms with Gasteiger partial charge in [0, 0.05) is 36.4 Å². The minimum Gasteiger partial charge on any atom is -0.371 e. The Hall–Kier alpha value is -0.770. The van der Waals surface area contributed by atoms with Crippen molar-refractivity contribution in [2.45, 2.75) is 44.3 Å². The lowest BCUT2D eigenvalue weighted by molar-refractivity contribution is 0.253. The smallest absolute Gasteiger partial charge is 0.0471 e. The van der Waals surface area contributed by atoms with E-state index >= 15 is 0 Å². The second-order valence-corrected chi connectivity index (χ2v) is 6.98. The molecule has 0 aromatic heterocycles. The number of benzene rings is 1. The summed E-state index contributed by atoms with van der Waals surface area (Å²) in [5, 5.41) is 4.42. The lowest BCUT2D eigenvalue weighted by Gasteiger charge is -2.36. The molecule has 0 spiro atoms. The largest absolute Gasteiger partial charge is 0.371 e. The van der Waals surface area contributed by atoms with Crippen molar-refractivity contribution >= 4 is 17.3 Å². The van der Waals surface area contributed by atoms with Gasteiger partial charge in [0.05, 0.1) is 0 Å². The van der Waals surface area contributed by atoms with Gasteiger partial charge in [0.15, 0.2) is 0 Å². The predicted molar refractivity (Wildman–Crippen MR) is 90.2 cm³/mol. The highest BCUT2D eigenvalue weighted by molar-refractivity contribution is 6.31. The Morgan fingerprint density at radius 1 is 1.24 bits per heavy atom. The van der Waals surface area contributed by atoms with Gasteiger partial charge in [-0.05, 0) is 63.5 Å². The molecule has 0 atom stereocenters. The van der Waals surface area contributed by atoms with Crippen LogP contribution in [0.3, 0.4) is 0 Å². The van der Waals surface area contributed by atoms with Crippen molar-refractivity contribution in [1.82, 2.24) is 10.2 Å². The molecule has 2 aliphatic rings. The third-order valence-electron chi connectivity index (χ3n) is 4.84. The summed E-state index contributed by atoms with van der Waals surface area (Å²) in [6, 6.07) is 7.88. The highest BCUT2D eigenvalue weighted by Gasteiger charge is 2.22. The molecule has 116 valence electrons. The molecule has 0 bridgehead atoms. The number of nitrogens with zero attached hydrogens (tertiary/aromatic N) is 2. The topological polar surface area (TPSA) is 18.5 Å². The maximum atomic E-state index is 6.46. The zero-order valence-electron chi connectivity index (χ0n) is 13.1. The first-order chi connectivity index (χ1) is 10.1. The number of halogens is 1. The highest BCUT2D eigenvalue weighted by atomic mass is 35.5. The van der Waals surface area contributed by atoms with Crippen molar-refractivity contribution in [3.63, 3.8) is 0 Å². The zero-order chi connectivity index (χ0) is 14.8. The Morgan fingerprint density at radius 3 is 2.57 bits per heavy atom. The predicted octanol–water partition coefficient (Wildman–Crippen LogP) is 3.12. The molecule has 0 unspecified atom stereocenters. The first-order valence-corrected chi connectivity index (χ1v) is 8.44. The van der Waals surface area contributed by atoms with Crippen LogP contribution >= 0.6 is 11.6 Å². The van der Waals surface area contributed by atoms with Crippen molar-refractivity contribution in [2.24, 2.45) is 0 Å². The van der Waals surface area contributed by atoms with Gasteiger partial charge in [-0.1, -0.05) is 17.7 Å². The maximum Gasteiger partial charge on any atom is 0.0471 e. The second-order valence-electron chi connectivity index (χ2n) is 6.58. The van der Waals surface area contributed by atoms with Crippen LogP contribution in [0.15, 0.2) is 18.2 Å². The summed E-state index contributed by atoms with van der Waals surface area (Å²) in [7, 11) is 4.40. The first-order valence-electron chi connectivity index (χ1n) is 8.06. The van der Waals surface area contributed by atoms with E-state index in [-0.39, 0.29) is 0 Å². The summed E-state index contributed by atoms with van der Waals surface area (Å²) in [6.07, 6.45) is 5.09. The lowest BCUT2D eigenvalue weighted by atomic mass is 10.0. The van der Waals surface area contributed by atoms with Crippen molar-refractivity contribution in [3.05, 3.63) is 28.8 Å². The summed E-state index contributed by atoms with van der Waals surface area (Å²) in [5.41, 5.74) is 2.45. The van der Waals surface area contributed by atoms with Gasteiger partial charge in [-0.15, -0.1) is 0 Å². The molecule has 1 saturated heterocycles. The van der Waals surface area contributed by atoms with E-state index in [2.05, 4.69) is 47.4 Å². The second kappa shape index (κ2) is 6.55. The molecule has 1 aromatic rings. The number of hydrogen-bond donors (Lipinski definition) is 1. The number of nitrogens with one attached hydrogen (secondary N) is 1. The zero-order valence-corrected chi connectivity index (χ0v) is 13.9. The molecular formula is C17H26ClN3. The molecule has 0 amide bonds. The Kier molecular flexibility index (Phi) is 4.72. The maximum absolute atomic E-state index is 6.46. The van der Waals surface area contributed by atoms with Gasteiger partial charge >= 0.3 is 0 Å². The Bertz CT molecular complexity index is 479. The van der Waals surface area contributed by atoms with Gasteiger partial charge in [0.1, 0.15) is 0 Å². The van der Waals surface area contributed by atoms with Crippen LogP contribution in [-0.4, -0.2) is 44.2 Å². The summed E-state index contributed by atoms with van der Waals surface area (Å²) in [6.45, 7) is 3.26. The third-order valence-corrected chi connectivity index (χ3v) is 5.19. The fourth-order valence-corrected chi connectivity index (χ4v) is 3.28. The fourth-order valence-electron chi connectivity index (χ4n) is 3.03. The third kappa shape index (κ3) is 3.91. The van der Waals surface area contributed by atoms with Crippen LogP contribution in [0, 0.1) is 0 Å². The average molecular weight is 308 g/mol. The van der Waals surface area contributed by atoms with Crippen molar-refractivity contribution in [3.8, 4) is 0 Å². The molecule has 3 rings (SSSR count). The van der Waals surface area contributed by atoms with Gasteiger partial charge in [-0.2, -0.15) is 0 Å².